The fourth-order valence-corrected chi connectivity index (χ4v) is 1.75. The fourth-order valence-electron chi connectivity index (χ4n) is 1.75. The van der Waals surface area contributed by atoms with Crippen LogP contribution in [-0.2, 0) is 6.54 Å². The predicted molar refractivity (Wildman–Crippen MR) is 69.7 cm³/mol. The summed E-state index contributed by atoms with van der Waals surface area (Å²) in [7, 11) is 0. The summed E-state index contributed by atoms with van der Waals surface area (Å²) in [5.74, 6) is 0.00440. The maximum absolute atomic E-state index is 13.2. The van der Waals surface area contributed by atoms with Crippen LogP contribution in [0.3, 0.4) is 0 Å². The quantitative estimate of drug-likeness (QED) is 0.771. The minimum Gasteiger partial charge on any atom is -0.351 e. The smallest absolute Gasteiger partial charge is 0.214 e. The highest BCUT2D eigenvalue weighted by atomic mass is 19.1. The molecule has 2 rings (SSSR count). The van der Waals surface area contributed by atoms with Crippen LogP contribution in [0.2, 0.25) is 0 Å². The lowest BCUT2D eigenvalue weighted by atomic mass is 10.2. The maximum atomic E-state index is 13.2. The first-order valence-corrected chi connectivity index (χ1v) is 5.93. The summed E-state index contributed by atoms with van der Waals surface area (Å²) in [5.41, 5.74) is 0.992. The molecule has 0 N–H and O–H groups in total. The van der Waals surface area contributed by atoms with Gasteiger partial charge in [-0.05, 0) is 23.8 Å². The van der Waals surface area contributed by atoms with E-state index in [1.54, 1.807) is 24.5 Å². The average Bonchev–Trinajstić information content (AvgIpc) is 2.44. The van der Waals surface area contributed by atoms with Crippen molar-refractivity contribution in [2.45, 2.75) is 13.0 Å². The molecule has 2 heterocycles. The number of anilines is 1. The van der Waals surface area contributed by atoms with E-state index < -0.39 is 5.95 Å². The Morgan fingerprint density at radius 2 is 2.16 bits per heavy atom. The van der Waals surface area contributed by atoms with Crippen LogP contribution in [0.25, 0.3) is 0 Å². The first kappa shape index (κ1) is 13.0. The van der Waals surface area contributed by atoms with Gasteiger partial charge in [0.05, 0.1) is 12.5 Å². The lowest BCUT2D eigenvalue weighted by Gasteiger charge is -2.22. The molecule has 96 valence electrons. The fraction of sp³-hybridized carbons (Fsp3) is 0.214. The highest BCUT2D eigenvalue weighted by molar-refractivity contribution is 5.39. The van der Waals surface area contributed by atoms with Gasteiger partial charge >= 0.3 is 0 Å². The largest absolute Gasteiger partial charge is 0.351 e. The van der Waals surface area contributed by atoms with Crippen LogP contribution in [-0.4, -0.2) is 16.5 Å². The van der Waals surface area contributed by atoms with Gasteiger partial charge in [0.15, 0.2) is 0 Å². The number of hydrogen-bond acceptors (Lipinski definition) is 4. The number of aromatic nitrogens is 2. The minimum atomic E-state index is -0.523. The zero-order valence-corrected chi connectivity index (χ0v) is 10.3. The number of pyridine rings is 2. The molecule has 0 bridgehead atoms. The summed E-state index contributed by atoms with van der Waals surface area (Å²) in [5, 5.41) is 8.70. The predicted octanol–water partition coefficient (Wildman–Crippen LogP) is 2.54. The lowest BCUT2D eigenvalue weighted by molar-refractivity contribution is 0.580. The molecule has 19 heavy (non-hydrogen) atoms. The Balaban J connectivity index is 2.19. The molecular formula is C14H13FN4. The van der Waals surface area contributed by atoms with E-state index in [4.69, 9.17) is 5.26 Å². The van der Waals surface area contributed by atoms with Crippen molar-refractivity contribution in [3.63, 3.8) is 0 Å². The van der Waals surface area contributed by atoms with Crippen LogP contribution in [0, 0.1) is 17.3 Å². The highest BCUT2D eigenvalue weighted by Crippen LogP contribution is 2.15. The molecule has 0 aliphatic heterocycles. The number of rotatable bonds is 5. The van der Waals surface area contributed by atoms with Crippen LogP contribution in [0.15, 0.2) is 42.7 Å². The molecule has 0 radical (unpaired) electrons. The summed E-state index contributed by atoms with van der Waals surface area (Å²) in [6.45, 7) is 1.05. The topological polar surface area (TPSA) is 52.8 Å². The molecule has 0 atom stereocenters. The Labute approximate surface area is 111 Å². The Bertz CT molecular complexity index is 565. The van der Waals surface area contributed by atoms with Gasteiger partial charge in [-0.2, -0.15) is 9.65 Å². The van der Waals surface area contributed by atoms with Crippen molar-refractivity contribution in [1.29, 1.82) is 5.26 Å². The van der Waals surface area contributed by atoms with Crippen molar-refractivity contribution in [2.24, 2.45) is 0 Å². The van der Waals surface area contributed by atoms with Crippen LogP contribution in [0.5, 0.6) is 0 Å². The molecule has 0 spiro atoms. The summed E-state index contributed by atoms with van der Waals surface area (Å²) in [4.78, 5) is 9.76. The Hall–Kier alpha value is -2.48. The van der Waals surface area contributed by atoms with E-state index in [1.807, 2.05) is 17.0 Å². The van der Waals surface area contributed by atoms with Gasteiger partial charge in [-0.15, -0.1) is 0 Å². The second kappa shape index (κ2) is 6.45. The molecule has 0 aromatic carbocycles. The second-order valence-electron chi connectivity index (χ2n) is 4.01. The van der Waals surface area contributed by atoms with E-state index >= 15 is 0 Å². The van der Waals surface area contributed by atoms with Gasteiger partial charge in [-0.1, -0.05) is 12.1 Å². The molecular weight excluding hydrogens is 243 g/mol. The summed E-state index contributed by atoms with van der Waals surface area (Å²) >= 11 is 0. The van der Waals surface area contributed by atoms with Gasteiger partial charge in [0.2, 0.25) is 5.95 Å². The summed E-state index contributed by atoms with van der Waals surface area (Å²) < 4.78 is 13.2. The number of halogens is 1. The number of nitriles is 1. The third-order valence-corrected chi connectivity index (χ3v) is 2.61. The lowest BCUT2D eigenvalue weighted by Crippen LogP contribution is -2.25. The molecule has 4 nitrogen and oxygen atoms in total. The number of hydrogen-bond donors (Lipinski definition) is 0. The van der Waals surface area contributed by atoms with Crippen molar-refractivity contribution in [3.8, 4) is 6.07 Å². The van der Waals surface area contributed by atoms with Crippen molar-refractivity contribution in [1.82, 2.24) is 9.97 Å². The van der Waals surface area contributed by atoms with Gasteiger partial charge < -0.3 is 4.90 Å². The van der Waals surface area contributed by atoms with E-state index in [9.17, 15) is 4.39 Å². The summed E-state index contributed by atoms with van der Waals surface area (Å²) in [6, 6.07) is 10.5. The summed E-state index contributed by atoms with van der Waals surface area (Å²) in [6.07, 6.45) is 3.81. The van der Waals surface area contributed by atoms with Crippen LogP contribution in [0.1, 0.15) is 12.0 Å². The van der Waals surface area contributed by atoms with Crippen molar-refractivity contribution >= 4 is 5.82 Å². The molecule has 5 heteroatoms. The molecule has 0 aliphatic carbocycles. The molecule has 0 aliphatic rings. The maximum Gasteiger partial charge on any atom is 0.214 e. The van der Waals surface area contributed by atoms with Crippen LogP contribution in [0.4, 0.5) is 10.2 Å². The molecule has 2 aromatic heterocycles. The van der Waals surface area contributed by atoms with Crippen LogP contribution >= 0.6 is 0 Å². The van der Waals surface area contributed by atoms with E-state index in [-0.39, 0.29) is 0 Å². The molecule has 0 fully saturated rings. The Kier molecular flexibility index (Phi) is 4.40. The van der Waals surface area contributed by atoms with E-state index in [0.29, 0.717) is 25.3 Å². The zero-order chi connectivity index (χ0) is 13.5. The number of nitrogens with zero attached hydrogens (tertiary/aromatic N) is 4. The minimum absolute atomic E-state index is 0.360. The Morgan fingerprint density at radius 3 is 2.84 bits per heavy atom. The molecule has 0 saturated carbocycles. The van der Waals surface area contributed by atoms with Gasteiger partial charge in [0.25, 0.3) is 0 Å². The monoisotopic (exact) mass is 256 g/mol. The van der Waals surface area contributed by atoms with Crippen molar-refractivity contribution in [3.05, 3.63) is 54.2 Å². The molecule has 0 amide bonds. The van der Waals surface area contributed by atoms with Crippen molar-refractivity contribution in [2.75, 3.05) is 11.4 Å². The normalized spacial score (nSPS) is 9.89. The SMILES string of the molecule is N#CCCN(Cc1cccnc1)c1cccc(F)n1. The third-order valence-electron chi connectivity index (χ3n) is 2.61. The third kappa shape index (κ3) is 3.75. The van der Waals surface area contributed by atoms with Crippen LogP contribution < -0.4 is 4.90 Å². The van der Waals surface area contributed by atoms with E-state index in [1.165, 1.54) is 6.07 Å². The first-order valence-electron chi connectivity index (χ1n) is 5.93. The van der Waals surface area contributed by atoms with Gasteiger partial charge in [-0.3, -0.25) is 4.98 Å². The standard InChI is InChI=1S/C14H13FN4/c15-13-5-1-6-14(18-13)19(9-3-7-16)11-12-4-2-8-17-10-12/h1-2,4-6,8,10H,3,9,11H2. The zero-order valence-electron chi connectivity index (χ0n) is 10.3. The van der Waals surface area contributed by atoms with Gasteiger partial charge in [0.1, 0.15) is 5.82 Å². The first-order chi connectivity index (χ1) is 9.29. The van der Waals surface area contributed by atoms with Gasteiger partial charge in [-0.25, -0.2) is 4.98 Å². The highest BCUT2D eigenvalue weighted by Gasteiger charge is 2.09. The molecule has 0 unspecified atom stereocenters. The average molecular weight is 256 g/mol. The molecule has 0 saturated heterocycles. The van der Waals surface area contributed by atoms with E-state index in [2.05, 4.69) is 16.0 Å². The van der Waals surface area contributed by atoms with Gasteiger partial charge in [0, 0.05) is 25.5 Å². The van der Waals surface area contributed by atoms with E-state index in [0.717, 1.165) is 5.56 Å². The molecule has 2 aromatic rings. The van der Waals surface area contributed by atoms with Crippen molar-refractivity contribution < 1.29 is 4.39 Å². The Morgan fingerprint density at radius 1 is 1.26 bits per heavy atom. The second-order valence-corrected chi connectivity index (χ2v) is 4.01.